The molecule has 3 rings (SSSR count). The van der Waals surface area contributed by atoms with Crippen molar-refractivity contribution in [3.05, 3.63) is 35.4 Å². The molecule has 0 bridgehead atoms. The van der Waals surface area contributed by atoms with Gasteiger partial charge in [0.05, 0.1) is 11.6 Å². The van der Waals surface area contributed by atoms with E-state index in [0.717, 1.165) is 12.1 Å². The van der Waals surface area contributed by atoms with Gasteiger partial charge in [-0.15, -0.1) is 0 Å². The molecule has 0 unspecified atom stereocenters. The van der Waals surface area contributed by atoms with Crippen molar-refractivity contribution in [3.8, 4) is 6.07 Å². The summed E-state index contributed by atoms with van der Waals surface area (Å²) in [5.41, 5.74) is 2.65. The number of nitrogens with zero attached hydrogens (tertiary/aromatic N) is 2. The lowest BCUT2D eigenvalue weighted by Crippen LogP contribution is -2.25. The maximum Gasteiger partial charge on any atom is 0.0995 e. The Hall–Kier alpha value is -1.33. The standard InChI is InChI=1S/C16H20N2/c17-11-14-5-1-2-6-15(14)12-18-10-9-16(13-18)7-3-4-8-16/h1-2,5-6H,3-4,7-10,12-13H2. The van der Waals surface area contributed by atoms with Crippen LogP contribution >= 0.6 is 0 Å². The molecule has 0 amide bonds. The van der Waals surface area contributed by atoms with E-state index < -0.39 is 0 Å². The van der Waals surface area contributed by atoms with E-state index >= 15 is 0 Å². The monoisotopic (exact) mass is 240 g/mol. The van der Waals surface area contributed by atoms with Crippen LogP contribution in [0.3, 0.4) is 0 Å². The molecule has 0 radical (unpaired) electrons. The number of benzene rings is 1. The quantitative estimate of drug-likeness (QED) is 0.793. The Labute approximate surface area is 109 Å². The fourth-order valence-corrected chi connectivity index (χ4v) is 3.70. The van der Waals surface area contributed by atoms with E-state index in [1.807, 2.05) is 18.2 Å². The molecular formula is C16H20N2. The van der Waals surface area contributed by atoms with E-state index in [2.05, 4.69) is 17.0 Å². The van der Waals surface area contributed by atoms with E-state index in [4.69, 9.17) is 5.26 Å². The lowest BCUT2D eigenvalue weighted by molar-refractivity contribution is 0.256. The summed E-state index contributed by atoms with van der Waals surface area (Å²) < 4.78 is 0. The van der Waals surface area contributed by atoms with Crippen LogP contribution in [0.15, 0.2) is 24.3 Å². The molecule has 2 fully saturated rings. The summed E-state index contributed by atoms with van der Waals surface area (Å²) >= 11 is 0. The van der Waals surface area contributed by atoms with E-state index in [-0.39, 0.29) is 0 Å². The van der Waals surface area contributed by atoms with Crippen LogP contribution in [0, 0.1) is 16.7 Å². The number of likely N-dealkylation sites (tertiary alicyclic amines) is 1. The fourth-order valence-electron chi connectivity index (χ4n) is 3.70. The Morgan fingerprint density at radius 2 is 1.94 bits per heavy atom. The topological polar surface area (TPSA) is 27.0 Å². The van der Waals surface area contributed by atoms with Gasteiger partial charge in [0.2, 0.25) is 0 Å². The average Bonchev–Trinajstić information content (AvgIpc) is 3.01. The first-order valence-corrected chi connectivity index (χ1v) is 7.02. The largest absolute Gasteiger partial charge is 0.298 e. The third kappa shape index (κ3) is 2.15. The van der Waals surface area contributed by atoms with Crippen molar-refractivity contribution in [1.82, 2.24) is 4.90 Å². The molecule has 2 nitrogen and oxygen atoms in total. The molecule has 2 aliphatic rings. The van der Waals surface area contributed by atoms with Crippen LogP contribution in [0.5, 0.6) is 0 Å². The summed E-state index contributed by atoms with van der Waals surface area (Å²) in [5, 5.41) is 9.13. The van der Waals surface area contributed by atoms with Crippen molar-refractivity contribution in [2.24, 2.45) is 5.41 Å². The lowest BCUT2D eigenvalue weighted by Gasteiger charge is -2.23. The number of hydrogen-bond donors (Lipinski definition) is 0. The summed E-state index contributed by atoms with van der Waals surface area (Å²) in [4.78, 5) is 2.54. The van der Waals surface area contributed by atoms with Crippen LogP contribution < -0.4 is 0 Å². The minimum Gasteiger partial charge on any atom is -0.298 e. The highest BCUT2D eigenvalue weighted by atomic mass is 15.2. The van der Waals surface area contributed by atoms with Gasteiger partial charge in [0, 0.05) is 13.1 Å². The molecule has 1 aliphatic heterocycles. The summed E-state index contributed by atoms with van der Waals surface area (Å²) in [5.74, 6) is 0. The normalized spacial score (nSPS) is 22.4. The fraction of sp³-hybridized carbons (Fsp3) is 0.562. The molecule has 0 atom stereocenters. The summed E-state index contributed by atoms with van der Waals surface area (Å²) in [6.07, 6.45) is 7.04. The third-order valence-corrected chi connectivity index (χ3v) is 4.71. The first-order chi connectivity index (χ1) is 8.81. The first-order valence-electron chi connectivity index (χ1n) is 7.02. The second kappa shape index (κ2) is 4.74. The van der Waals surface area contributed by atoms with Gasteiger partial charge >= 0.3 is 0 Å². The van der Waals surface area contributed by atoms with Gasteiger partial charge in [-0.25, -0.2) is 0 Å². The molecule has 2 heteroatoms. The second-order valence-electron chi connectivity index (χ2n) is 5.94. The van der Waals surface area contributed by atoms with Gasteiger partial charge in [0.15, 0.2) is 0 Å². The summed E-state index contributed by atoms with van der Waals surface area (Å²) in [6, 6.07) is 10.3. The Balaban J connectivity index is 1.69. The Morgan fingerprint density at radius 1 is 1.17 bits per heavy atom. The third-order valence-electron chi connectivity index (χ3n) is 4.71. The van der Waals surface area contributed by atoms with Crippen LogP contribution in [0.2, 0.25) is 0 Å². The molecule has 1 aliphatic carbocycles. The molecule has 94 valence electrons. The molecule has 18 heavy (non-hydrogen) atoms. The van der Waals surface area contributed by atoms with E-state index in [9.17, 15) is 0 Å². The zero-order valence-corrected chi connectivity index (χ0v) is 10.9. The smallest absolute Gasteiger partial charge is 0.0995 e. The minimum absolute atomic E-state index is 0.627. The predicted octanol–water partition coefficient (Wildman–Crippen LogP) is 3.32. The molecule has 1 aromatic carbocycles. The zero-order chi connectivity index (χ0) is 12.4. The molecule has 0 aromatic heterocycles. The van der Waals surface area contributed by atoms with Gasteiger partial charge in [-0.3, -0.25) is 4.90 Å². The highest BCUT2D eigenvalue weighted by Gasteiger charge is 2.39. The minimum atomic E-state index is 0.627. The van der Waals surface area contributed by atoms with Crippen molar-refractivity contribution in [1.29, 1.82) is 5.26 Å². The first kappa shape index (κ1) is 11.7. The second-order valence-corrected chi connectivity index (χ2v) is 5.94. The van der Waals surface area contributed by atoms with E-state index in [1.54, 1.807) is 0 Å². The highest BCUT2D eigenvalue weighted by Crippen LogP contribution is 2.45. The number of rotatable bonds is 2. The highest BCUT2D eigenvalue weighted by molar-refractivity contribution is 5.37. The SMILES string of the molecule is N#Cc1ccccc1CN1CCC2(CCCC2)C1. The maximum atomic E-state index is 9.13. The Kier molecular flexibility index (Phi) is 3.09. The molecule has 0 N–H and O–H groups in total. The Bertz CT molecular complexity index is 466. The van der Waals surface area contributed by atoms with Gasteiger partial charge in [-0.1, -0.05) is 31.0 Å². The Morgan fingerprint density at radius 3 is 2.72 bits per heavy atom. The van der Waals surface area contributed by atoms with Gasteiger partial charge in [0.1, 0.15) is 0 Å². The summed E-state index contributed by atoms with van der Waals surface area (Å²) in [6.45, 7) is 3.40. The number of nitriles is 1. The van der Waals surface area contributed by atoms with E-state index in [0.29, 0.717) is 5.41 Å². The molecule has 1 saturated carbocycles. The van der Waals surface area contributed by atoms with Crippen molar-refractivity contribution in [3.63, 3.8) is 0 Å². The van der Waals surface area contributed by atoms with E-state index in [1.165, 1.54) is 50.8 Å². The molecule has 1 saturated heterocycles. The van der Waals surface area contributed by atoms with Crippen molar-refractivity contribution in [2.45, 2.75) is 38.6 Å². The molecule has 1 heterocycles. The van der Waals surface area contributed by atoms with Gasteiger partial charge in [-0.05, 0) is 42.9 Å². The van der Waals surface area contributed by atoms with Crippen molar-refractivity contribution >= 4 is 0 Å². The average molecular weight is 240 g/mol. The van der Waals surface area contributed by atoms with Gasteiger partial charge in [0.25, 0.3) is 0 Å². The van der Waals surface area contributed by atoms with Crippen LogP contribution in [0.1, 0.15) is 43.2 Å². The van der Waals surface area contributed by atoms with Crippen LogP contribution in [-0.4, -0.2) is 18.0 Å². The maximum absolute atomic E-state index is 9.13. The molecule has 1 aromatic rings. The molecular weight excluding hydrogens is 220 g/mol. The van der Waals surface area contributed by atoms with Crippen LogP contribution in [0.4, 0.5) is 0 Å². The predicted molar refractivity (Wildman–Crippen MR) is 72.0 cm³/mol. The zero-order valence-electron chi connectivity index (χ0n) is 10.9. The molecule has 1 spiro atoms. The number of hydrogen-bond acceptors (Lipinski definition) is 2. The van der Waals surface area contributed by atoms with Crippen molar-refractivity contribution < 1.29 is 0 Å². The summed E-state index contributed by atoms with van der Waals surface area (Å²) in [7, 11) is 0. The van der Waals surface area contributed by atoms with Crippen LogP contribution in [0.25, 0.3) is 0 Å². The van der Waals surface area contributed by atoms with Crippen LogP contribution in [-0.2, 0) is 6.54 Å². The lowest BCUT2D eigenvalue weighted by atomic mass is 9.86. The van der Waals surface area contributed by atoms with Gasteiger partial charge < -0.3 is 0 Å². The van der Waals surface area contributed by atoms with Gasteiger partial charge in [-0.2, -0.15) is 5.26 Å². The van der Waals surface area contributed by atoms with Crippen molar-refractivity contribution in [2.75, 3.05) is 13.1 Å².